The van der Waals surface area contributed by atoms with Crippen molar-refractivity contribution >= 4 is 23.4 Å². The minimum Gasteiger partial charge on any atom is -0.508 e. The number of nitrogens with one attached hydrogen (secondary N) is 2. The first kappa shape index (κ1) is 32.0. The second kappa shape index (κ2) is 11.9. The molecule has 0 aliphatic heterocycles. The largest absolute Gasteiger partial charge is 0.508 e. The Kier molecular flexibility index (Phi) is 9.74. The second-order valence-electron chi connectivity index (χ2n) is 8.39. The number of hydrogen-bond acceptors (Lipinski definition) is 3. The van der Waals surface area contributed by atoms with Gasteiger partial charge in [-0.05, 0) is 49.3 Å². The summed E-state index contributed by atoms with van der Waals surface area (Å²) in [6, 6.07) is 0.652. The van der Waals surface area contributed by atoms with Gasteiger partial charge >= 0.3 is 18.5 Å². The number of amides is 2. The third-order valence-electron chi connectivity index (χ3n) is 5.32. The van der Waals surface area contributed by atoms with Crippen molar-refractivity contribution in [2.45, 2.75) is 43.8 Å². The maximum Gasteiger partial charge on any atom is 0.413 e. The van der Waals surface area contributed by atoms with E-state index >= 15 is 0 Å². The predicted octanol–water partition coefficient (Wildman–Crippen LogP) is 6.16. The van der Waals surface area contributed by atoms with Gasteiger partial charge in [0.1, 0.15) is 30.1 Å². The molecule has 0 aromatic heterocycles. The van der Waals surface area contributed by atoms with Crippen molar-refractivity contribution in [1.29, 1.82) is 0 Å². The molecule has 0 radical (unpaired) electrons. The predicted molar refractivity (Wildman–Crippen MR) is 118 cm³/mol. The lowest BCUT2D eigenvalue weighted by Crippen LogP contribution is -2.49. The van der Waals surface area contributed by atoms with Gasteiger partial charge < -0.3 is 15.7 Å². The molecule has 0 saturated carbocycles. The average Bonchev–Trinajstić information content (AvgIpc) is 2.77. The van der Waals surface area contributed by atoms with E-state index < -0.39 is 89.5 Å². The van der Waals surface area contributed by atoms with Gasteiger partial charge in [0.05, 0.1) is 5.92 Å². The normalized spacial score (nSPS) is 18.6. The van der Waals surface area contributed by atoms with Gasteiger partial charge in [0.25, 0.3) is 0 Å². The van der Waals surface area contributed by atoms with E-state index in [2.05, 4.69) is 0 Å². The molecule has 1 aromatic rings. The number of alkyl halides is 9. The highest BCUT2D eigenvalue weighted by Crippen LogP contribution is 2.42. The van der Waals surface area contributed by atoms with Crippen LogP contribution in [0.5, 0.6) is 5.75 Å². The van der Waals surface area contributed by atoms with Crippen molar-refractivity contribution in [3.63, 3.8) is 0 Å². The lowest BCUT2D eigenvalue weighted by molar-refractivity contribution is -0.141. The van der Waals surface area contributed by atoms with Crippen LogP contribution in [0.4, 0.5) is 43.9 Å². The molecule has 1 aromatic carbocycles. The highest BCUT2D eigenvalue weighted by atomic mass is 35.5. The summed E-state index contributed by atoms with van der Waals surface area (Å²) in [4.78, 5) is 24.2. The van der Waals surface area contributed by atoms with Gasteiger partial charge in [-0.15, -0.1) is 0 Å². The summed E-state index contributed by atoms with van der Waals surface area (Å²) in [6.45, 7) is -0.841. The highest BCUT2D eigenvalue weighted by molar-refractivity contribution is 6.30. The van der Waals surface area contributed by atoms with Crippen molar-refractivity contribution in [1.82, 2.24) is 10.6 Å². The first-order valence-corrected chi connectivity index (χ1v) is 11.1. The number of phenols is 1. The lowest BCUT2D eigenvalue weighted by Gasteiger charge is -2.26. The summed E-state index contributed by atoms with van der Waals surface area (Å²) in [5.74, 6) is -9.98. The Balaban J connectivity index is 2.33. The monoisotopic (exact) mass is 596 g/mol. The molecule has 3 N–H and O–H groups in total. The lowest BCUT2D eigenvalue weighted by atomic mass is 9.86. The molecule has 0 spiro atoms. The van der Waals surface area contributed by atoms with Crippen LogP contribution in [0.2, 0.25) is 5.02 Å². The molecule has 0 heterocycles. The zero-order valence-corrected chi connectivity index (χ0v) is 20.3. The third kappa shape index (κ3) is 9.18. The van der Waals surface area contributed by atoms with Crippen molar-refractivity contribution < 1.29 is 58.6 Å². The van der Waals surface area contributed by atoms with Crippen molar-refractivity contribution in [3.8, 4) is 5.75 Å². The number of carbonyl (C=O) groups is 2. The molecule has 3 atom stereocenters. The van der Waals surface area contributed by atoms with E-state index in [1.54, 1.807) is 0 Å². The molecule has 1 aliphatic carbocycles. The molecular formula is C23H19ClF10N2O3. The number of halogens is 11. The number of carbonyl (C=O) groups excluding carboxylic acids is 2. The van der Waals surface area contributed by atoms with E-state index in [9.17, 15) is 58.6 Å². The molecule has 5 nitrogen and oxygen atoms in total. The summed E-state index contributed by atoms with van der Waals surface area (Å²) < 4.78 is 134. The second-order valence-corrected chi connectivity index (χ2v) is 8.82. The van der Waals surface area contributed by atoms with E-state index in [0.717, 1.165) is 25.1 Å². The summed E-state index contributed by atoms with van der Waals surface area (Å²) >= 11 is 5.64. The minimum absolute atomic E-state index is 0.0190. The smallest absolute Gasteiger partial charge is 0.413 e. The van der Waals surface area contributed by atoms with Crippen LogP contribution in [-0.2, 0) is 9.59 Å². The van der Waals surface area contributed by atoms with Crippen molar-refractivity contribution in [2.24, 2.45) is 5.92 Å². The van der Waals surface area contributed by atoms with Crippen LogP contribution in [0.3, 0.4) is 0 Å². The van der Waals surface area contributed by atoms with Crippen LogP contribution in [0, 0.1) is 5.92 Å². The van der Waals surface area contributed by atoms with Crippen molar-refractivity contribution in [3.05, 3.63) is 64.0 Å². The average molecular weight is 597 g/mol. The van der Waals surface area contributed by atoms with Crippen LogP contribution in [0.25, 0.3) is 0 Å². The van der Waals surface area contributed by atoms with E-state index in [0.29, 0.717) is 6.07 Å². The molecule has 39 heavy (non-hydrogen) atoms. The third-order valence-corrected chi connectivity index (χ3v) is 5.54. The number of benzene rings is 1. The zero-order valence-electron chi connectivity index (χ0n) is 19.5. The van der Waals surface area contributed by atoms with Crippen LogP contribution >= 0.6 is 11.6 Å². The molecule has 2 unspecified atom stereocenters. The number of hydrogen-bond donors (Lipinski definition) is 3. The quantitative estimate of drug-likeness (QED) is 0.330. The van der Waals surface area contributed by atoms with Gasteiger partial charge in [0.2, 0.25) is 11.8 Å². The molecule has 0 fully saturated rings. The Labute approximate surface area is 219 Å². The van der Waals surface area contributed by atoms with E-state index in [4.69, 9.17) is 11.6 Å². The minimum atomic E-state index is -5.27. The highest BCUT2D eigenvalue weighted by Gasteiger charge is 2.44. The molecule has 16 heteroatoms. The standard InChI is InChI=1S/C23H19ClF10N2O3/c1-10(19(38)35-9-21(26,27)28)36-20(39)15-3-2-11(6-17(15)23(32,33)34)18(25)8-16(22(29,30)31)12-4-13(24)7-14(37)5-12/h2,4-8,10,15-16,37H,3,9H2,1H3,(H,35,38)(H,36,39)/b18-8-/t10-,15?,16?/m1/s1. The molecule has 0 saturated heterocycles. The van der Waals surface area contributed by atoms with Crippen LogP contribution in [0.1, 0.15) is 24.8 Å². The van der Waals surface area contributed by atoms with Crippen LogP contribution in [0.15, 0.2) is 53.4 Å². The molecular weight excluding hydrogens is 578 g/mol. The maximum atomic E-state index is 14.9. The topological polar surface area (TPSA) is 78.4 Å². The molecule has 2 rings (SSSR count). The van der Waals surface area contributed by atoms with Crippen LogP contribution in [-0.4, -0.2) is 48.0 Å². The SMILES string of the molecule is C[C@@H](NC(=O)C1CC=C(/C(F)=C/C(c2cc(O)cc(Cl)c2)C(F)(F)F)C=C1C(F)(F)F)C(=O)NCC(F)(F)F. The Bertz CT molecular complexity index is 1170. The number of allylic oxidation sites excluding steroid dienone is 5. The summed E-state index contributed by atoms with van der Waals surface area (Å²) in [5.41, 5.74) is -3.29. The van der Waals surface area contributed by atoms with Gasteiger partial charge in [0.15, 0.2) is 0 Å². The molecule has 1 aliphatic rings. The van der Waals surface area contributed by atoms with E-state index in [1.165, 1.54) is 5.32 Å². The van der Waals surface area contributed by atoms with Gasteiger partial charge in [0, 0.05) is 16.2 Å². The number of aromatic hydroxyl groups is 1. The van der Waals surface area contributed by atoms with Gasteiger partial charge in [-0.3, -0.25) is 9.59 Å². The van der Waals surface area contributed by atoms with Crippen LogP contribution < -0.4 is 10.6 Å². The molecule has 216 valence electrons. The first-order chi connectivity index (χ1) is 17.7. The summed E-state index contributed by atoms with van der Waals surface area (Å²) in [7, 11) is 0. The zero-order chi connectivity index (χ0) is 29.9. The Morgan fingerprint density at radius 1 is 1.10 bits per heavy atom. The number of rotatable bonds is 7. The van der Waals surface area contributed by atoms with Gasteiger partial charge in [-0.25, -0.2) is 4.39 Å². The van der Waals surface area contributed by atoms with E-state index in [1.807, 2.05) is 5.32 Å². The molecule has 0 bridgehead atoms. The fourth-order valence-corrected chi connectivity index (χ4v) is 3.75. The fourth-order valence-electron chi connectivity index (χ4n) is 3.51. The molecule has 2 amide bonds. The number of phenolic OH excluding ortho intramolecular Hbond substituents is 1. The van der Waals surface area contributed by atoms with E-state index in [-0.39, 0.29) is 17.2 Å². The maximum absolute atomic E-state index is 14.9. The summed E-state index contributed by atoms with van der Waals surface area (Å²) in [5, 5.41) is 12.5. The fraction of sp³-hybridized carbons (Fsp3) is 0.391. The summed E-state index contributed by atoms with van der Waals surface area (Å²) in [6.07, 6.45) is -15.2. The Morgan fingerprint density at radius 2 is 1.72 bits per heavy atom. The van der Waals surface area contributed by atoms with Gasteiger partial charge in [-0.2, -0.15) is 39.5 Å². The Morgan fingerprint density at radius 3 is 2.23 bits per heavy atom. The Hall–Kier alpha value is -3.23. The first-order valence-electron chi connectivity index (χ1n) is 10.8. The van der Waals surface area contributed by atoms with Crippen molar-refractivity contribution in [2.75, 3.05) is 6.54 Å². The van der Waals surface area contributed by atoms with Gasteiger partial charge in [-0.1, -0.05) is 17.7 Å².